The van der Waals surface area contributed by atoms with Crippen molar-refractivity contribution in [2.45, 2.75) is 31.7 Å². The van der Waals surface area contributed by atoms with E-state index in [4.69, 9.17) is 4.74 Å². The summed E-state index contributed by atoms with van der Waals surface area (Å²) in [6.07, 6.45) is 4.61. The third kappa shape index (κ3) is 3.09. The number of hydrogen-bond acceptors (Lipinski definition) is 3. The Balaban J connectivity index is 1.62. The number of piperidine rings is 1. The Morgan fingerprint density at radius 3 is 2.73 bits per heavy atom. The molecule has 1 aromatic carbocycles. The van der Waals surface area contributed by atoms with Gasteiger partial charge in [0.25, 0.3) is 5.91 Å². The molecule has 2 saturated heterocycles. The number of carbonyl (C=O) groups excluding carboxylic acids is 1. The molecular formula is C17H23FN2O2. The van der Waals surface area contributed by atoms with Crippen LogP contribution in [0.3, 0.4) is 0 Å². The van der Waals surface area contributed by atoms with Crippen molar-refractivity contribution >= 4 is 5.91 Å². The zero-order valence-corrected chi connectivity index (χ0v) is 13.0. The Hall–Kier alpha value is -1.62. The highest BCUT2D eigenvalue weighted by Crippen LogP contribution is 2.27. The van der Waals surface area contributed by atoms with Crippen LogP contribution >= 0.6 is 0 Å². The van der Waals surface area contributed by atoms with Crippen LogP contribution in [0, 0.1) is 11.7 Å². The van der Waals surface area contributed by atoms with E-state index in [9.17, 15) is 9.18 Å². The van der Waals surface area contributed by atoms with Crippen molar-refractivity contribution in [2.24, 2.45) is 5.92 Å². The molecule has 0 spiro atoms. The van der Waals surface area contributed by atoms with Crippen LogP contribution in [0.1, 0.15) is 36.0 Å². The molecule has 1 atom stereocenters. The van der Waals surface area contributed by atoms with Crippen molar-refractivity contribution < 1.29 is 13.9 Å². The van der Waals surface area contributed by atoms with Crippen molar-refractivity contribution in [1.82, 2.24) is 10.2 Å². The predicted molar refractivity (Wildman–Crippen MR) is 82.6 cm³/mol. The molecule has 5 heteroatoms. The number of hydrogen-bond donors (Lipinski definition) is 1. The molecule has 0 saturated carbocycles. The van der Waals surface area contributed by atoms with E-state index in [1.54, 1.807) is 0 Å². The molecule has 1 N–H and O–H groups in total. The smallest absolute Gasteiger partial charge is 0.253 e. The molecule has 3 rings (SSSR count). The number of rotatable bonds is 3. The molecule has 2 aliphatic heterocycles. The van der Waals surface area contributed by atoms with Crippen LogP contribution in [0.2, 0.25) is 0 Å². The lowest BCUT2D eigenvalue weighted by Gasteiger charge is -2.35. The third-order valence-electron chi connectivity index (χ3n) is 4.89. The van der Waals surface area contributed by atoms with Crippen LogP contribution in [-0.2, 0) is 0 Å². The summed E-state index contributed by atoms with van der Waals surface area (Å²) in [7, 11) is 1.41. The summed E-state index contributed by atoms with van der Waals surface area (Å²) in [5, 5.41) is 3.56. The summed E-state index contributed by atoms with van der Waals surface area (Å²) in [4.78, 5) is 14.4. The molecule has 0 aromatic heterocycles. The van der Waals surface area contributed by atoms with Gasteiger partial charge in [-0.05, 0) is 56.3 Å². The minimum Gasteiger partial charge on any atom is -0.494 e. The van der Waals surface area contributed by atoms with Gasteiger partial charge in [0.15, 0.2) is 11.6 Å². The highest BCUT2D eigenvalue weighted by Gasteiger charge is 2.30. The van der Waals surface area contributed by atoms with Gasteiger partial charge >= 0.3 is 0 Å². The van der Waals surface area contributed by atoms with E-state index < -0.39 is 5.82 Å². The first-order chi connectivity index (χ1) is 10.7. The number of nitrogens with one attached hydrogen (secondary N) is 1. The van der Waals surface area contributed by atoms with E-state index in [1.165, 1.54) is 38.2 Å². The molecule has 0 radical (unpaired) electrons. The Kier molecular flexibility index (Phi) is 4.62. The fourth-order valence-corrected chi connectivity index (χ4v) is 3.59. The summed E-state index contributed by atoms with van der Waals surface area (Å²) < 4.78 is 18.4. The van der Waals surface area contributed by atoms with E-state index in [-0.39, 0.29) is 11.7 Å². The molecule has 0 aliphatic carbocycles. The van der Waals surface area contributed by atoms with E-state index in [1.807, 2.05) is 4.90 Å². The Morgan fingerprint density at radius 1 is 1.32 bits per heavy atom. The number of carbonyl (C=O) groups is 1. The van der Waals surface area contributed by atoms with Crippen LogP contribution in [0.4, 0.5) is 4.39 Å². The second kappa shape index (κ2) is 6.65. The summed E-state index contributed by atoms with van der Waals surface area (Å²) in [6, 6.07) is 4.94. The van der Waals surface area contributed by atoms with Crippen LogP contribution in [0.25, 0.3) is 0 Å². The zero-order valence-electron chi connectivity index (χ0n) is 13.0. The van der Waals surface area contributed by atoms with Gasteiger partial charge < -0.3 is 15.0 Å². The summed E-state index contributed by atoms with van der Waals surface area (Å²) in [6.45, 7) is 2.68. The number of benzene rings is 1. The van der Waals surface area contributed by atoms with Gasteiger partial charge in [-0.2, -0.15) is 0 Å². The Bertz CT molecular complexity index is 535. The Labute approximate surface area is 130 Å². The minimum absolute atomic E-state index is 0.0314. The number of likely N-dealkylation sites (tertiary alicyclic amines) is 1. The number of methoxy groups -OCH3 is 1. The number of nitrogens with zero attached hydrogens (tertiary/aromatic N) is 1. The van der Waals surface area contributed by atoms with Crippen molar-refractivity contribution in [2.75, 3.05) is 26.7 Å². The molecule has 120 valence electrons. The highest BCUT2D eigenvalue weighted by atomic mass is 19.1. The minimum atomic E-state index is -0.440. The molecule has 2 fully saturated rings. The molecule has 0 bridgehead atoms. The summed E-state index contributed by atoms with van der Waals surface area (Å²) in [5.41, 5.74) is 0.496. The quantitative estimate of drug-likeness (QED) is 0.932. The van der Waals surface area contributed by atoms with Crippen LogP contribution < -0.4 is 10.1 Å². The van der Waals surface area contributed by atoms with Crippen molar-refractivity contribution in [3.63, 3.8) is 0 Å². The molecular weight excluding hydrogens is 283 g/mol. The van der Waals surface area contributed by atoms with Gasteiger partial charge in [0.05, 0.1) is 7.11 Å². The fourth-order valence-electron chi connectivity index (χ4n) is 3.59. The van der Waals surface area contributed by atoms with Crippen molar-refractivity contribution in [3.8, 4) is 5.75 Å². The van der Waals surface area contributed by atoms with Gasteiger partial charge in [-0.15, -0.1) is 0 Å². The summed E-state index contributed by atoms with van der Waals surface area (Å²) >= 11 is 0. The lowest BCUT2D eigenvalue weighted by Crippen LogP contribution is -2.43. The third-order valence-corrected chi connectivity index (χ3v) is 4.89. The number of amides is 1. The molecule has 2 heterocycles. The fraction of sp³-hybridized carbons (Fsp3) is 0.588. The SMILES string of the molecule is COc1cc(C(=O)N2CCC(C3CCCN3)CC2)ccc1F. The van der Waals surface area contributed by atoms with E-state index in [0.29, 0.717) is 17.5 Å². The molecule has 1 unspecified atom stereocenters. The molecule has 1 amide bonds. The van der Waals surface area contributed by atoms with Crippen LogP contribution in [0.5, 0.6) is 5.75 Å². The lowest BCUT2D eigenvalue weighted by atomic mass is 9.88. The first-order valence-electron chi connectivity index (χ1n) is 8.05. The Morgan fingerprint density at radius 2 is 2.09 bits per heavy atom. The van der Waals surface area contributed by atoms with Crippen molar-refractivity contribution in [1.29, 1.82) is 0 Å². The standard InChI is InChI=1S/C17H23FN2O2/c1-22-16-11-13(4-5-14(16)18)17(21)20-9-6-12(7-10-20)15-3-2-8-19-15/h4-5,11-12,15,19H,2-3,6-10H2,1H3. The van der Waals surface area contributed by atoms with E-state index >= 15 is 0 Å². The second-order valence-electron chi connectivity index (χ2n) is 6.18. The normalized spacial score (nSPS) is 22.8. The topological polar surface area (TPSA) is 41.6 Å². The van der Waals surface area contributed by atoms with Crippen molar-refractivity contribution in [3.05, 3.63) is 29.6 Å². The molecule has 4 nitrogen and oxygen atoms in total. The maximum atomic E-state index is 13.4. The average Bonchev–Trinajstić information content (AvgIpc) is 3.09. The van der Waals surface area contributed by atoms with Gasteiger partial charge in [-0.1, -0.05) is 0 Å². The first-order valence-corrected chi connectivity index (χ1v) is 8.05. The number of halogens is 1. The second-order valence-corrected chi connectivity index (χ2v) is 6.18. The van der Waals surface area contributed by atoms with E-state index in [0.717, 1.165) is 32.5 Å². The monoisotopic (exact) mass is 306 g/mol. The van der Waals surface area contributed by atoms with Gasteiger partial charge in [0.2, 0.25) is 0 Å². The van der Waals surface area contributed by atoms with Gasteiger partial charge in [0.1, 0.15) is 0 Å². The van der Waals surface area contributed by atoms with Crippen LogP contribution in [0.15, 0.2) is 18.2 Å². The summed E-state index contributed by atoms with van der Waals surface area (Å²) in [5.74, 6) is 0.325. The zero-order chi connectivity index (χ0) is 15.5. The molecule has 1 aromatic rings. The largest absolute Gasteiger partial charge is 0.494 e. The molecule has 22 heavy (non-hydrogen) atoms. The molecule has 2 aliphatic rings. The average molecular weight is 306 g/mol. The highest BCUT2D eigenvalue weighted by molar-refractivity contribution is 5.94. The van der Waals surface area contributed by atoms with E-state index in [2.05, 4.69) is 5.32 Å². The predicted octanol–water partition coefficient (Wildman–Crippen LogP) is 2.44. The van der Waals surface area contributed by atoms with Gasteiger partial charge in [-0.25, -0.2) is 4.39 Å². The number of ether oxygens (including phenoxy) is 1. The van der Waals surface area contributed by atoms with Gasteiger partial charge in [-0.3, -0.25) is 4.79 Å². The maximum Gasteiger partial charge on any atom is 0.253 e. The van der Waals surface area contributed by atoms with Gasteiger partial charge in [0, 0.05) is 24.7 Å². The van der Waals surface area contributed by atoms with Crippen LogP contribution in [-0.4, -0.2) is 43.6 Å². The first kappa shape index (κ1) is 15.3. The lowest BCUT2D eigenvalue weighted by molar-refractivity contribution is 0.0674. The maximum absolute atomic E-state index is 13.4.